The van der Waals surface area contributed by atoms with Gasteiger partial charge in [0.15, 0.2) is 0 Å². The van der Waals surface area contributed by atoms with Gasteiger partial charge in [-0.3, -0.25) is 0 Å². The van der Waals surface area contributed by atoms with Gasteiger partial charge in [-0.15, -0.1) is 0 Å². The van der Waals surface area contributed by atoms with Gasteiger partial charge in [0.05, 0.1) is 6.61 Å². The van der Waals surface area contributed by atoms with E-state index < -0.39 is 0 Å². The van der Waals surface area contributed by atoms with E-state index in [-0.39, 0.29) is 0 Å². The number of rotatable bonds is 5. The van der Waals surface area contributed by atoms with Crippen LogP contribution in [0.4, 0.5) is 5.69 Å². The lowest BCUT2D eigenvalue weighted by Crippen LogP contribution is -2.13. The quantitative estimate of drug-likeness (QED) is 0.776. The van der Waals surface area contributed by atoms with E-state index in [1.807, 2.05) is 0 Å². The SMILES string of the molecule is CCC(C)Nc1cccc(COC)c1. The van der Waals surface area contributed by atoms with Crippen LogP contribution in [0.15, 0.2) is 24.3 Å². The van der Waals surface area contributed by atoms with Gasteiger partial charge < -0.3 is 10.1 Å². The first-order valence-electron chi connectivity index (χ1n) is 5.10. The Morgan fingerprint density at radius 1 is 1.43 bits per heavy atom. The molecule has 1 unspecified atom stereocenters. The highest BCUT2D eigenvalue weighted by molar-refractivity contribution is 5.46. The summed E-state index contributed by atoms with van der Waals surface area (Å²) in [6, 6.07) is 8.87. The fourth-order valence-corrected chi connectivity index (χ4v) is 1.30. The minimum absolute atomic E-state index is 0.521. The Balaban J connectivity index is 2.63. The first-order chi connectivity index (χ1) is 6.76. The lowest BCUT2D eigenvalue weighted by atomic mass is 10.2. The molecule has 0 heterocycles. The average Bonchev–Trinajstić information content (AvgIpc) is 2.19. The lowest BCUT2D eigenvalue weighted by Gasteiger charge is -2.13. The zero-order valence-corrected chi connectivity index (χ0v) is 9.21. The fourth-order valence-electron chi connectivity index (χ4n) is 1.30. The van der Waals surface area contributed by atoms with E-state index in [2.05, 4.69) is 43.4 Å². The molecule has 0 saturated carbocycles. The number of nitrogens with one attached hydrogen (secondary N) is 1. The predicted molar refractivity (Wildman–Crippen MR) is 60.5 cm³/mol. The summed E-state index contributed by atoms with van der Waals surface area (Å²) in [5.74, 6) is 0. The van der Waals surface area contributed by atoms with Gasteiger partial charge in [0.2, 0.25) is 0 Å². The molecule has 1 rings (SSSR count). The molecule has 0 aliphatic carbocycles. The number of benzene rings is 1. The van der Waals surface area contributed by atoms with Crippen molar-refractivity contribution in [3.8, 4) is 0 Å². The van der Waals surface area contributed by atoms with E-state index in [0.29, 0.717) is 12.6 Å². The van der Waals surface area contributed by atoms with Gasteiger partial charge in [0.1, 0.15) is 0 Å². The number of ether oxygens (including phenoxy) is 1. The topological polar surface area (TPSA) is 21.3 Å². The van der Waals surface area contributed by atoms with Crippen LogP contribution in [-0.2, 0) is 11.3 Å². The van der Waals surface area contributed by atoms with Crippen LogP contribution in [0.3, 0.4) is 0 Å². The molecule has 78 valence electrons. The first-order valence-corrected chi connectivity index (χ1v) is 5.10. The van der Waals surface area contributed by atoms with Gasteiger partial charge >= 0.3 is 0 Å². The molecule has 1 aromatic carbocycles. The van der Waals surface area contributed by atoms with Gasteiger partial charge in [-0.1, -0.05) is 19.1 Å². The molecule has 0 saturated heterocycles. The van der Waals surface area contributed by atoms with Crippen LogP contribution in [-0.4, -0.2) is 13.2 Å². The van der Waals surface area contributed by atoms with Crippen molar-refractivity contribution < 1.29 is 4.74 Å². The van der Waals surface area contributed by atoms with Crippen LogP contribution in [0.1, 0.15) is 25.8 Å². The zero-order valence-electron chi connectivity index (χ0n) is 9.21. The molecule has 0 radical (unpaired) electrons. The minimum Gasteiger partial charge on any atom is -0.383 e. The van der Waals surface area contributed by atoms with E-state index in [4.69, 9.17) is 4.74 Å². The lowest BCUT2D eigenvalue weighted by molar-refractivity contribution is 0.185. The summed E-state index contributed by atoms with van der Waals surface area (Å²) < 4.78 is 5.09. The summed E-state index contributed by atoms with van der Waals surface area (Å²) >= 11 is 0. The van der Waals surface area contributed by atoms with E-state index >= 15 is 0 Å². The second kappa shape index (κ2) is 5.66. The van der Waals surface area contributed by atoms with E-state index in [1.165, 1.54) is 11.3 Å². The molecule has 1 N–H and O–H groups in total. The highest BCUT2D eigenvalue weighted by Gasteiger charge is 1.99. The van der Waals surface area contributed by atoms with E-state index in [1.54, 1.807) is 7.11 Å². The molecular formula is C12H19NO. The average molecular weight is 193 g/mol. The maximum Gasteiger partial charge on any atom is 0.0713 e. The molecular weight excluding hydrogens is 174 g/mol. The monoisotopic (exact) mass is 193 g/mol. The molecule has 0 aliphatic heterocycles. The molecule has 0 amide bonds. The molecule has 0 spiro atoms. The van der Waals surface area contributed by atoms with Gasteiger partial charge in [-0.05, 0) is 31.0 Å². The Morgan fingerprint density at radius 3 is 2.86 bits per heavy atom. The van der Waals surface area contributed by atoms with Crippen molar-refractivity contribution in [2.24, 2.45) is 0 Å². The fraction of sp³-hybridized carbons (Fsp3) is 0.500. The maximum atomic E-state index is 5.09. The summed E-state index contributed by atoms with van der Waals surface area (Å²) in [6.45, 7) is 5.04. The highest BCUT2D eigenvalue weighted by Crippen LogP contribution is 2.13. The second-order valence-corrected chi connectivity index (χ2v) is 3.59. The van der Waals surface area contributed by atoms with Crippen molar-refractivity contribution in [1.29, 1.82) is 0 Å². The molecule has 0 aliphatic rings. The molecule has 14 heavy (non-hydrogen) atoms. The van der Waals surface area contributed by atoms with Crippen molar-refractivity contribution in [2.75, 3.05) is 12.4 Å². The van der Waals surface area contributed by atoms with Gasteiger partial charge in [-0.25, -0.2) is 0 Å². The first kappa shape index (κ1) is 11.1. The number of hydrogen-bond acceptors (Lipinski definition) is 2. The standard InChI is InChI=1S/C12H19NO/c1-4-10(2)13-12-7-5-6-11(8-12)9-14-3/h5-8,10,13H,4,9H2,1-3H3. The van der Waals surface area contributed by atoms with Crippen molar-refractivity contribution >= 4 is 5.69 Å². The Bertz CT molecular complexity index is 273. The molecule has 2 nitrogen and oxygen atoms in total. The second-order valence-electron chi connectivity index (χ2n) is 3.59. The Kier molecular flexibility index (Phi) is 4.47. The third-order valence-corrected chi connectivity index (χ3v) is 2.26. The van der Waals surface area contributed by atoms with Crippen LogP contribution < -0.4 is 5.32 Å². The molecule has 1 atom stereocenters. The van der Waals surface area contributed by atoms with Crippen molar-refractivity contribution in [2.45, 2.75) is 32.9 Å². The van der Waals surface area contributed by atoms with Crippen LogP contribution in [0, 0.1) is 0 Å². The molecule has 0 bridgehead atoms. The molecule has 0 fully saturated rings. The normalized spacial score (nSPS) is 12.5. The number of hydrogen-bond donors (Lipinski definition) is 1. The largest absolute Gasteiger partial charge is 0.383 e. The van der Waals surface area contributed by atoms with E-state index in [0.717, 1.165) is 6.42 Å². The predicted octanol–water partition coefficient (Wildman–Crippen LogP) is 3.04. The van der Waals surface area contributed by atoms with E-state index in [9.17, 15) is 0 Å². The zero-order chi connectivity index (χ0) is 10.4. The third-order valence-electron chi connectivity index (χ3n) is 2.26. The van der Waals surface area contributed by atoms with Crippen LogP contribution in [0.5, 0.6) is 0 Å². The van der Waals surface area contributed by atoms with Gasteiger partial charge in [0, 0.05) is 18.8 Å². The van der Waals surface area contributed by atoms with Crippen LogP contribution >= 0.6 is 0 Å². The number of anilines is 1. The molecule has 2 heteroatoms. The summed E-state index contributed by atoms with van der Waals surface area (Å²) in [7, 11) is 1.72. The molecule has 0 aromatic heterocycles. The third kappa shape index (κ3) is 3.38. The summed E-state index contributed by atoms with van der Waals surface area (Å²) in [5, 5.41) is 3.43. The van der Waals surface area contributed by atoms with Gasteiger partial charge in [0.25, 0.3) is 0 Å². The Hall–Kier alpha value is -1.02. The van der Waals surface area contributed by atoms with Crippen LogP contribution in [0.2, 0.25) is 0 Å². The molecule has 1 aromatic rings. The van der Waals surface area contributed by atoms with Crippen molar-refractivity contribution in [3.05, 3.63) is 29.8 Å². The smallest absolute Gasteiger partial charge is 0.0713 e. The minimum atomic E-state index is 0.521. The van der Waals surface area contributed by atoms with Crippen molar-refractivity contribution in [1.82, 2.24) is 0 Å². The highest BCUT2D eigenvalue weighted by atomic mass is 16.5. The van der Waals surface area contributed by atoms with Gasteiger partial charge in [-0.2, -0.15) is 0 Å². The summed E-state index contributed by atoms with van der Waals surface area (Å²) in [6.07, 6.45) is 1.13. The van der Waals surface area contributed by atoms with Crippen LogP contribution in [0.25, 0.3) is 0 Å². The Labute approximate surface area is 86.3 Å². The summed E-state index contributed by atoms with van der Waals surface area (Å²) in [5.41, 5.74) is 2.38. The van der Waals surface area contributed by atoms with Crippen molar-refractivity contribution in [3.63, 3.8) is 0 Å². The number of methoxy groups -OCH3 is 1. The summed E-state index contributed by atoms with van der Waals surface area (Å²) in [4.78, 5) is 0. The maximum absolute atomic E-state index is 5.09. The Morgan fingerprint density at radius 2 is 2.21 bits per heavy atom.